The monoisotopic (exact) mass is 292 g/mol. The molecular weight excluding hydrogens is 260 g/mol. The van der Waals surface area contributed by atoms with Crippen molar-refractivity contribution >= 4 is 0 Å². The molecule has 21 heavy (non-hydrogen) atoms. The van der Waals surface area contributed by atoms with Gasteiger partial charge in [-0.1, -0.05) is 24.3 Å². The number of hydrogen-bond donors (Lipinski definition) is 1. The Hall–Kier alpha value is -0.900. The highest BCUT2D eigenvalue weighted by Gasteiger charge is 2.11. The summed E-state index contributed by atoms with van der Waals surface area (Å²) < 4.78 is 5.62. The summed E-state index contributed by atoms with van der Waals surface area (Å²) in [4.78, 5) is 2.32. The topological polar surface area (TPSA) is 24.5 Å². The van der Waals surface area contributed by atoms with E-state index in [2.05, 4.69) is 76.1 Å². The summed E-state index contributed by atoms with van der Waals surface area (Å²) in [6, 6.07) is 8.67. The summed E-state index contributed by atoms with van der Waals surface area (Å²) in [5.74, 6) is 0. The summed E-state index contributed by atoms with van der Waals surface area (Å²) >= 11 is 0. The van der Waals surface area contributed by atoms with Crippen LogP contribution in [0.2, 0.25) is 0 Å². The van der Waals surface area contributed by atoms with Gasteiger partial charge in [0.25, 0.3) is 0 Å². The highest BCUT2D eigenvalue weighted by molar-refractivity contribution is 5.27. The molecule has 0 radical (unpaired) electrons. The molecule has 3 heteroatoms. The lowest BCUT2D eigenvalue weighted by molar-refractivity contribution is 0.0626. The van der Waals surface area contributed by atoms with Crippen LogP contribution in [0.5, 0.6) is 0 Å². The minimum absolute atomic E-state index is 0.143. The van der Waals surface area contributed by atoms with E-state index < -0.39 is 0 Å². The molecular formula is C18H32N2O. The molecule has 1 aromatic carbocycles. The van der Waals surface area contributed by atoms with E-state index in [9.17, 15) is 0 Å². The molecule has 0 spiro atoms. The maximum Gasteiger partial charge on any atom is 0.0596 e. The molecule has 1 aromatic rings. The van der Waals surface area contributed by atoms with Crippen molar-refractivity contribution in [3.05, 3.63) is 35.4 Å². The molecule has 0 atom stereocenters. The number of nitrogens with zero attached hydrogens (tertiary/aromatic N) is 1. The average molecular weight is 292 g/mol. The molecule has 0 bridgehead atoms. The minimum Gasteiger partial charge on any atom is -0.377 e. The van der Waals surface area contributed by atoms with Gasteiger partial charge in [-0.25, -0.2) is 0 Å². The van der Waals surface area contributed by atoms with Crippen LogP contribution >= 0.6 is 0 Å². The molecule has 3 nitrogen and oxygen atoms in total. The van der Waals surface area contributed by atoms with E-state index in [4.69, 9.17) is 4.74 Å². The quantitative estimate of drug-likeness (QED) is 0.794. The fourth-order valence-corrected chi connectivity index (χ4v) is 2.06. The van der Waals surface area contributed by atoms with E-state index in [1.807, 2.05) is 0 Å². The molecule has 0 saturated carbocycles. The van der Waals surface area contributed by atoms with Gasteiger partial charge in [-0.05, 0) is 52.8 Å². The van der Waals surface area contributed by atoms with Crippen LogP contribution < -0.4 is 5.32 Å². The van der Waals surface area contributed by atoms with Crippen LogP contribution in [0.25, 0.3) is 0 Å². The van der Waals surface area contributed by atoms with Crippen LogP contribution in [0.3, 0.4) is 0 Å². The van der Waals surface area contributed by atoms with Crippen molar-refractivity contribution in [1.82, 2.24) is 10.2 Å². The first kappa shape index (κ1) is 18.1. The van der Waals surface area contributed by atoms with Crippen LogP contribution in [0.1, 0.15) is 45.7 Å². The van der Waals surface area contributed by atoms with Crippen molar-refractivity contribution in [2.45, 2.75) is 59.4 Å². The van der Waals surface area contributed by atoms with E-state index >= 15 is 0 Å². The van der Waals surface area contributed by atoms with Gasteiger partial charge in [0.05, 0.1) is 12.7 Å². The minimum atomic E-state index is 0.143. The lowest BCUT2D eigenvalue weighted by Crippen LogP contribution is -2.35. The van der Waals surface area contributed by atoms with E-state index in [-0.39, 0.29) is 5.54 Å². The predicted octanol–water partition coefficient (Wildman–Crippen LogP) is 3.43. The van der Waals surface area contributed by atoms with E-state index in [1.165, 1.54) is 11.1 Å². The molecule has 0 aromatic heterocycles. The second-order valence-corrected chi connectivity index (χ2v) is 7.03. The molecule has 0 aliphatic rings. The first-order chi connectivity index (χ1) is 9.78. The molecule has 0 aliphatic heterocycles. The Bertz CT molecular complexity index is 410. The zero-order valence-electron chi connectivity index (χ0n) is 14.6. The number of likely N-dealkylation sites (N-methyl/N-ethyl adjacent to an activating group) is 1. The summed E-state index contributed by atoms with van der Waals surface area (Å²) in [6.07, 6.45) is 0.307. The SMILES string of the molecule is CC(C)OCCN(C)Cc1ccccc1CNC(C)(C)C. The van der Waals surface area contributed by atoms with Crippen LogP contribution in [-0.4, -0.2) is 36.7 Å². The van der Waals surface area contributed by atoms with Crippen molar-refractivity contribution < 1.29 is 4.74 Å². The Morgan fingerprint density at radius 3 is 2.33 bits per heavy atom. The smallest absolute Gasteiger partial charge is 0.0596 e. The third kappa shape index (κ3) is 8.20. The summed E-state index contributed by atoms with van der Waals surface area (Å²) in [6.45, 7) is 14.4. The molecule has 0 saturated heterocycles. The summed E-state index contributed by atoms with van der Waals surface area (Å²) in [5.41, 5.74) is 2.91. The molecule has 0 unspecified atom stereocenters. The number of hydrogen-bond acceptors (Lipinski definition) is 3. The van der Waals surface area contributed by atoms with Crippen molar-refractivity contribution in [3.8, 4) is 0 Å². The zero-order valence-corrected chi connectivity index (χ0v) is 14.6. The van der Waals surface area contributed by atoms with Gasteiger partial charge in [0, 0.05) is 25.2 Å². The number of benzene rings is 1. The standard InChI is InChI=1S/C18H32N2O/c1-15(2)21-12-11-20(6)14-17-10-8-7-9-16(17)13-19-18(3,4)5/h7-10,15,19H,11-14H2,1-6H3. The number of rotatable bonds is 8. The average Bonchev–Trinajstić information content (AvgIpc) is 2.36. The van der Waals surface area contributed by atoms with Crippen LogP contribution in [0.4, 0.5) is 0 Å². The molecule has 1 rings (SSSR count). The third-order valence-electron chi connectivity index (χ3n) is 3.29. The molecule has 1 N–H and O–H groups in total. The predicted molar refractivity (Wildman–Crippen MR) is 90.5 cm³/mol. The van der Waals surface area contributed by atoms with Gasteiger partial charge in [-0.15, -0.1) is 0 Å². The molecule has 0 aliphatic carbocycles. The van der Waals surface area contributed by atoms with Crippen LogP contribution in [0.15, 0.2) is 24.3 Å². The fraction of sp³-hybridized carbons (Fsp3) is 0.667. The van der Waals surface area contributed by atoms with E-state index in [0.29, 0.717) is 6.10 Å². The Kier molecular flexibility index (Phi) is 7.36. The fourth-order valence-electron chi connectivity index (χ4n) is 2.06. The Labute approximate surface area is 130 Å². The van der Waals surface area contributed by atoms with Gasteiger partial charge in [0.15, 0.2) is 0 Å². The van der Waals surface area contributed by atoms with E-state index in [0.717, 1.165) is 26.2 Å². The van der Waals surface area contributed by atoms with Gasteiger partial charge in [-0.2, -0.15) is 0 Å². The van der Waals surface area contributed by atoms with Crippen LogP contribution in [0, 0.1) is 0 Å². The number of nitrogens with one attached hydrogen (secondary N) is 1. The lowest BCUT2D eigenvalue weighted by Gasteiger charge is -2.23. The molecule has 0 amide bonds. The normalized spacial score (nSPS) is 12.4. The zero-order chi connectivity index (χ0) is 15.9. The van der Waals surface area contributed by atoms with Crippen molar-refractivity contribution in [2.24, 2.45) is 0 Å². The van der Waals surface area contributed by atoms with Gasteiger partial charge in [-0.3, -0.25) is 4.90 Å². The molecule has 0 heterocycles. The van der Waals surface area contributed by atoms with Crippen LogP contribution in [-0.2, 0) is 17.8 Å². The third-order valence-corrected chi connectivity index (χ3v) is 3.29. The first-order valence-electron chi connectivity index (χ1n) is 7.90. The van der Waals surface area contributed by atoms with Gasteiger partial charge in [0.1, 0.15) is 0 Å². The van der Waals surface area contributed by atoms with Crippen molar-refractivity contribution in [1.29, 1.82) is 0 Å². The number of ether oxygens (including phenoxy) is 1. The maximum atomic E-state index is 5.62. The Balaban J connectivity index is 2.54. The second-order valence-electron chi connectivity index (χ2n) is 7.03. The van der Waals surface area contributed by atoms with Crippen molar-refractivity contribution in [3.63, 3.8) is 0 Å². The highest BCUT2D eigenvalue weighted by atomic mass is 16.5. The largest absolute Gasteiger partial charge is 0.377 e. The lowest BCUT2D eigenvalue weighted by atomic mass is 10.0. The van der Waals surface area contributed by atoms with Gasteiger partial charge >= 0.3 is 0 Å². The summed E-state index contributed by atoms with van der Waals surface area (Å²) in [7, 11) is 2.15. The first-order valence-corrected chi connectivity index (χ1v) is 7.90. The second kappa shape index (κ2) is 8.52. The summed E-state index contributed by atoms with van der Waals surface area (Å²) in [5, 5.41) is 3.57. The van der Waals surface area contributed by atoms with Gasteiger partial charge < -0.3 is 10.1 Å². The Morgan fingerprint density at radius 2 is 1.76 bits per heavy atom. The molecule has 120 valence electrons. The van der Waals surface area contributed by atoms with Gasteiger partial charge in [0.2, 0.25) is 0 Å². The van der Waals surface area contributed by atoms with Crippen molar-refractivity contribution in [2.75, 3.05) is 20.2 Å². The highest BCUT2D eigenvalue weighted by Crippen LogP contribution is 2.12. The maximum absolute atomic E-state index is 5.62. The Morgan fingerprint density at radius 1 is 1.14 bits per heavy atom. The van der Waals surface area contributed by atoms with E-state index in [1.54, 1.807) is 0 Å². The molecule has 0 fully saturated rings.